The van der Waals surface area contributed by atoms with Gasteiger partial charge >= 0.3 is 17.9 Å². The minimum absolute atomic E-state index is 0.132. The molecule has 0 aromatic rings. The average Bonchev–Trinajstić information content (AvgIpc) is 3.30. The lowest BCUT2D eigenvalue weighted by Crippen LogP contribution is -2.30. The van der Waals surface area contributed by atoms with Gasteiger partial charge in [-0.25, -0.2) is 0 Å². The molecule has 0 unspecified atom stereocenters. The predicted octanol–water partition coefficient (Wildman–Crippen LogP) is 15.0. The Morgan fingerprint density at radius 3 is 0.985 bits per heavy atom. The van der Waals surface area contributed by atoms with Crippen LogP contribution in [0.5, 0.6) is 0 Å². The van der Waals surface area contributed by atoms with Crippen molar-refractivity contribution in [1.29, 1.82) is 0 Å². The van der Waals surface area contributed by atoms with Gasteiger partial charge in [0.05, 0.1) is 18.3 Å². The fourth-order valence-corrected chi connectivity index (χ4v) is 7.95. The van der Waals surface area contributed by atoms with Crippen LogP contribution in [0.3, 0.4) is 0 Å². The van der Waals surface area contributed by atoms with Crippen molar-refractivity contribution < 1.29 is 43.9 Å². The van der Waals surface area contributed by atoms with E-state index in [-0.39, 0.29) is 55.9 Å². The van der Waals surface area contributed by atoms with E-state index in [4.69, 9.17) is 14.2 Å². The van der Waals surface area contributed by atoms with E-state index >= 15 is 0 Å². The van der Waals surface area contributed by atoms with Crippen LogP contribution in [-0.4, -0.2) is 70.9 Å². The molecule has 0 rings (SSSR count). The standard InChI is InChI=1S/C57H104O9/c1-4-7-10-31-40-51(58)43-34-25-19-13-16-22-28-37-46-55(61)64-49-54(66-57(63)48-39-30-24-18-15-21-27-36-45-53(60)42-33-12-9-6-3)50-65-56(62)47-38-29-23-17-14-20-26-35-44-52(59)41-32-11-8-5-2/h25-27,34-36,51-54,58-60H,4-24,28-33,37-50H2,1-3H3/b34-25+,35-26+,36-27+/t51-,52-,53+/m1/s1. The minimum Gasteiger partial charge on any atom is -0.462 e. The zero-order valence-corrected chi connectivity index (χ0v) is 43.1. The number of rotatable bonds is 50. The number of aliphatic hydroxyl groups is 3. The molecule has 9 heteroatoms. The molecule has 0 saturated heterocycles. The average molecular weight is 933 g/mol. The molecule has 0 heterocycles. The second-order valence-electron chi connectivity index (χ2n) is 19.0. The number of unbranched alkanes of at least 4 members (excludes halogenated alkanes) is 24. The van der Waals surface area contributed by atoms with Crippen molar-refractivity contribution >= 4 is 17.9 Å². The summed E-state index contributed by atoms with van der Waals surface area (Å²) < 4.78 is 16.7. The van der Waals surface area contributed by atoms with Crippen molar-refractivity contribution in [2.45, 2.75) is 296 Å². The van der Waals surface area contributed by atoms with E-state index in [0.29, 0.717) is 19.3 Å². The third-order valence-corrected chi connectivity index (χ3v) is 12.3. The monoisotopic (exact) mass is 933 g/mol. The second kappa shape index (κ2) is 50.4. The van der Waals surface area contributed by atoms with Crippen LogP contribution in [0, 0.1) is 0 Å². The molecule has 9 nitrogen and oxygen atoms in total. The van der Waals surface area contributed by atoms with Crippen LogP contribution in [0.25, 0.3) is 0 Å². The molecule has 0 saturated carbocycles. The van der Waals surface area contributed by atoms with Gasteiger partial charge in [0.15, 0.2) is 6.10 Å². The van der Waals surface area contributed by atoms with Crippen LogP contribution >= 0.6 is 0 Å². The number of carbonyl (C=O) groups excluding carboxylic acids is 3. The van der Waals surface area contributed by atoms with E-state index in [9.17, 15) is 29.7 Å². The Hall–Kier alpha value is -2.49. The van der Waals surface area contributed by atoms with E-state index in [2.05, 4.69) is 57.2 Å². The highest BCUT2D eigenvalue weighted by Gasteiger charge is 2.19. The third kappa shape index (κ3) is 48.0. The van der Waals surface area contributed by atoms with Crippen molar-refractivity contribution in [2.75, 3.05) is 13.2 Å². The molecule has 0 aromatic heterocycles. The molecule has 0 bridgehead atoms. The summed E-state index contributed by atoms with van der Waals surface area (Å²) in [5, 5.41) is 30.4. The summed E-state index contributed by atoms with van der Waals surface area (Å²) in [6.45, 7) is 6.33. The van der Waals surface area contributed by atoms with Gasteiger partial charge in [-0.2, -0.15) is 0 Å². The summed E-state index contributed by atoms with van der Waals surface area (Å²) in [5.74, 6) is -1.04. The second-order valence-corrected chi connectivity index (χ2v) is 19.0. The Balaban J connectivity index is 4.51. The van der Waals surface area contributed by atoms with Gasteiger partial charge < -0.3 is 29.5 Å². The number of allylic oxidation sites excluding steroid dienone is 3. The lowest BCUT2D eigenvalue weighted by Gasteiger charge is -2.18. The number of hydrogen-bond donors (Lipinski definition) is 3. The summed E-state index contributed by atoms with van der Waals surface area (Å²) in [7, 11) is 0. The van der Waals surface area contributed by atoms with E-state index in [1.807, 2.05) is 0 Å². The van der Waals surface area contributed by atoms with Gasteiger partial charge in [-0.05, 0) is 96.3 Å². The van der Waals surface area contributed by atoms with Gasteiger partial charge in [-0.1, -0.05) is 192 Å². The molecule has 0 fully saturated rings. The Morgan fingerprint density at radius 2 is 0.652 bits per heavy atom. The van der Waals surface area contributed by atoms with Crippen molar-refractivity contribution in [3.63, 3.8) is 0 Å². The number of ether oxygens (including phenoxy) is 3. The van der Waals surface area contributed by atoms with Crippen LogP contribution in [-0.2, 0) is 28.6 Å². The maximum absolute atomic E-state index is 12.8. The summed E-state index contributed by atoms with van der Waals surface area (Å²) in [6, 6.07) is 0. The number of carbonyl (C=O) groups is 3. The summed E-state index contributed by atoms with van der Waals surface area (Å²) >= 11 is 0. The van der Waals surface area contributed by atoms with Crippen LogP contribution in [0.1, 0.15) is 271 Å². The van der Waals surface area contributed by atoms with E-state index in [1.165, 1.54) is 57.8 Å². The SMILES string of the molecule is CCCCCC[C@H](O)C/C=C/CCCCCCCC(=O)OC(COC(=O)CCCCCCC/C=C/C[C@H](O)CCCCCC)COC(=O)CCCCCCC/C=C/C[C@H](O)CCCCCC. The van der Waals surface area contributed by atoms with Crippen molar-refractivity contribution in [2.24, 2.45) is 0 Å². The molecule has 0 aromatic carbocycles. The summed E-state index contributed by atoms with van der Waals surface area (Å²) in [4.78, 5) is 38.1. The largest absolute Gasteiger partial charge is 0.462 e. The zero-order chi connectivity index (χ0) is 48.4. The third-order valence-electron chi connectivity index (χ3n) is 12.3. The van der Waals surface area contributed by atoms with Crippen LogP contribution in [0.15, 0.2) is 36.5 Å². The molecule has 0 amide bonds. The molecule has 3 N–H and O–H groups in total. The molecule has 0 aliphatic carbocycles. The van der Waals surface area contributed by atoms with E-state index < -0.39 is 6.10 Å². The molecule has 3 atom stereocenters. The van der Waals surface area contributed by atoms with Crippen LogP contribution < -0.4 is 0 Å². The van der Waals surface area contributed by atoms with Gasteiger partial charge in [0.2, 0.25) is 0 Å². The van der Waals surface area contributed by atoms with Gasteiger partial charge in [0.1, 0.15) is 13.2 Å². The van der Waals surface area contributed by atoms with Crippen molar-refractivity contribution in [3.05, 3.63) is 36.5 Å². The predicted molar refractivity (Wildman–Crippen MR) is 274 cm³/mol. The van der Waals surface area contributed by atoms with E-state index in [1.54, 1.807) is 0 Å². The lowest BCUT2D eigenvalue weighted by molar-refractivity contribution is -0.167. The molecular formula is C57H104O9. The number of aliphatic hydroxyl groups excluding tert-OH is 3. The van der Waals surface area contributed by atoms with E-state index in [0.717, 1.165) is 167 Å². The zero-order valence-electron chi connectivity index (χ0n) is 43.1. The first-order valence-corrected chi connectivity index (χ1v) is 27.7. The lowest BCUT2D eigenvalue weighted by atomic mass is 10.1. The highest BCUT2D eigenvalue weighted by molar-refractivity contribution is 5.71. The molecule has 0 aliphatic heterocycles. The van der Waals surface area contributed by atoms with Crippen molar-refractivity contribution in [3.8, 4) is 0 Å². The maximum Gasteiger partial charge on any atom is 0.306 e. The fraction of sp³-hybridized carbons (Fsp3) is 0.842. The first-order chi connectivity index (χ1) is 32.2. The Kier molecular flexibility index (Phi) is 48.5. The number of hydrogen-bond acceptors (Lipinski definition) is 9. The molecule has 0 aliphatic rings. The van der Waals surface area contributed by atoms with Crippen LogP contribution in [0.2, 0.25) is 0 Å². The first kappa shape index (κ1) is 63.5. The van der Waals surface area contributed by atoms with Crippen molar-refractivity contribution in [1.82, 2.24) is 0 Å². The Bertz CT molecular complexity index is 1110. The highest BCUT2D eigenvalue weighted by Crippen LogP contribution is 2.15. The normalized spacial score (nSPS) is 13.3. The smallest absolute Gasteiger partial charge is 0.306 e. The Morgan fingerprint density at radius 1 is 0.364 bits per heavy atom. The fourth-order valence-electron chi connectivity index (χ4n) is 7.95. The molecule has 0 radical (unpaired) electrons. The molecule has 0 spiro atoms. The molecule has 386 valence electrons. The summed E-state index contributed by atoms with van der Waals surface area (Å²) in [6.07, 6.45) is 48.9. The summed E-state index contributed by atoms with van der Waals surface area (Å²) in [5.41, 5.74) is 0. The Labute approximate surface area is 405 Å². The van der Waals surface area contributed by atoms with Crippen LogP contribution in [0.4, 0.5) is 0 Å². The van der Waals surface area contributed by atoms with Gasteiger partial charge in [-0.3, -0.25) is 14.4 Å². The molecular weight excluding hydrogens is 829 g/mol. The van der Waals surface area contributed by atoms with Gasteiger partial charge in [0, 0.05) is 19.3 Å². The van der Waals surface area contributed by atoms with Gasteiger partial charge in [-0.15, -0.1) is 0 Å². The quantitative estimate of drug-likeness (QED) is 0.0235. The van der Waals surface area contributed by atoms with Gasteiger partial charge in [0.25, 0.3) is 0 Å². The number of esters is 3. The topological polar surface area (TPSA) is 140 Å². The minimum atomic E-state index is -0.836. The maximum atomic E-state index is 12.8. The first-order valence-electron chi connectivity index (χ1n) is 27.7. The molecule has 66 heavy (non-hydrogen) atoms. The highest BCUT2D eigenvalue weighted by atomic mass is 16.6.